The van der Waals surface area contributed by atoms with E-state index < -0.39 is 0 Å². The van der Waals surface area contributed by atoms with Crippen molar-refractivity contribution in [3.63, 3.8) is 0 Å². The monoisotopic (exact) mass is 286 g/mol. The molecule has 1 amide bonds. The molecule has 0 spiro atoms. The van der Waals surface area contributed by atoms with Crippen LogP contribution in [-0.2, 0) is 6.42 Å². The van der Waals surface area contributed by atoms with Crippen LogP contribution >= 0.6 is 0 Å². The van der Waals surface area contributed by atoms with E-state index in [2.05, 4.69) is 23.6 Å². The van der Waals surface area contributed by atoms with Gasteiger partial charge in [-0.1, -0.05) is 32.3 Å². The van der Waals surface area contributed by atoms with Gasteiger partial charge >= 0.3 is 0 Å². The summed E-state index contributed by atoms with van der Waals surface area (Å²) < 4.78 is 0. The Labute approximate surface area is 127 Å². The van der Waals surface area contributed by atoms with Crippen LogP contribution in [0.25, 0.3) is 0 Å². The number of amides is 1. The topological polar surface area (TPSA) is 41.1 Å². The Kier molecular flexibility index (Phi) is 4.47. The fourth-order valence-corrected chi connectivity index (χ4v) is 3.77. The molecule has 3 rings (SSSR count). The lowest BCUT2D eigenvalue weighted by atomic mass is 9.83. The number of benzene rings is 1. The fourth-order valence-electron chi connectivity index (χ4n) is 3.77. The molecule has 2 N–H and O–H groups in total. The summed E-state index contributed by atoms with van der Waals surface area (Å²) in [7, 11) is 0. The maximum absolute atomic E-state index is 12.5. The number of rotatable bonds is 4. The number of nitrogens with one attached hydrogen (secondary N) is 2. The molecule has 0 bridgehead atoms. The second-order valence-corrected chi connectivity index (χ2v) is 6.43. The van der Waals surface area contributed by atoms with Gasteiger partial charge in [0.1, 0.15) is 0 Å². The molecule has 1 aromatic rings. The van der Waals surface area contributed by atoms with Crippen molar-refractivity contribution in [3.8, 4) is 0 Å². The third-order valence-electron chi connectivity index (χ3n) is 5.06. The van der Waals surface area contributed by atoms with Crippen LogP contribution in [0.3, 0.4) is 0 Å². The summed E-state index contributed by atoms with van der Waals surface area (Å²) in [5.74, 6) is 0.754. The van der Waals surface area contributed by atoms with Gasteiger partial charge in [0.25, 0.3) is 5.91 Å². The Hall–Kier alpha value is -1.51. The molecule has 1 aromatic carbocycles. The largest absolute Gasteiger partial charge is 0.384 e. The van der Waals surface area contributed by atoms with Crippen LogP contribution in [0, 0.1) is 5.92 Å². The summed E-state index contributed by atoms with van der Waals surface area (Å²) in [5, 5.41) is 6.62. The second kappa shape index (κ2) is 6.50. The van der Waals surface area contributed by atoms with Gasteiger partial charge < -0.3 is 10.6 Å². The van der Waals surface area contributed by atoms with Gasteiger partial charge in [0.2, 0.25) is 0 Å². The highest BCUT2D eigenvalue weighted by Gasteiger charge is 2.24. The SMILES string of the molecule is CCC(NC(=O)c1ccc2c(c1)NCC2)C1CCCCC1. The van der Waals surface area contributed by atoms with Gasteiger partial charge in [-0.15, -0.1) is 0 Å². The Bertz CT molecular complexity index is 506. The minimum atomic E-state index is 0.0870. The molecule has 1 unspecified atom stereocenters. The van der Waals surface area contributed by atoms with Crippen molar-refractivity contribution in [2.24, 2.45) is 5.92 Å². The molecule has 1 heterocycles. The van der Waals surface area contributed by atoms with E-state index in [-0.39, 0.29) is 5.91 Å². The van der Waals surface area contributed by atoms with E-state index in [1.54, 1.807) is 0 Å². The molecule has 1 saturated carbocycles. The van der Waals surface area contributed by atoms with Gasteiger partial charge in [-0.05, 0) is 49.3 Å². The molecule has 1 aliphatic carbocycles. The molecule has 3 nitrogen and oxygen atoms in total. The molecular formula is C18H26N2O. The number of hydrogen-bond donors (Lipinski definition) is 2. The van der Waals surface area contributed by atoms with Crippen LogP contribution in [0.15, 0.2) is 18.2 Å². The first kappa shape index (κ1) is 14.4. The van der Waals surface area contributed by atoms with Crippen molar-refractivity contribution < 1.29 is 4.79 Å². The van der Waals surface area contributed by atoms with E-state index >= 15 is 0 Å². The average Bonchev–Trinajstić information content (AvgIpc) is 3.00. The normalized spacial score (nSPS) is 19.7. The molecule has 2 aliphatic rings. The van der Waals surface area contributed by atoms with Crippen molar-refractivity contribution in [3.05, 3.63) is 29.3 Å². The number of anilines is 1. The van der Waals surface area contributed by atoms with E-state index in [9.17, 15) is 4.79 Å². The molecule has 1 aliphatic heterocycles. The number of carbonyl (C=O) groups is 1. The van der Waals surface area contributed by atoms with Crippen molar-refractivity contribution in [2.75, 3.05) is 11.9 Å². The summed E-state index contributed by atoms with van der Waals surface area (Å²) in [6.45, 7) is 3.17. The summed E-state index contributed by atoms with van der Waals surface area (Å²) in [6, 6.07) is 6.39. The van der Waals surface area contributed by atoms with E-state index in [1.807, 2.05) is 12.1 Å². The molecule has 1 atom stereocenters. The maximum atomic E-state index is 12.5. The lowest BCUT2D eigenvalue weighted by molar-refractivity contribution is 0.0911. The van der Waals surface area contributed by atoms with E-state index in [0.717, 1.165) is 30.6 Å². The molecule has 1 fully saturated rings. The Morgan fingerprint density at radius 3 is 2.90 bits per heavy atom. The Morgan fingerprint density at radius 2 is 2.14 bits per heavy atom. The summed E-state index contributed by atoms with van der Waals surface area (Å²) in [5.41, 5.74) is 3.25. The first-order chi connectivity index (χ1) is 10.3. The van der Waals surface area contributed by atoms with Crippen molar-refractivity contribution >= 4 is 11.6 Å². The molecule has 0 aromatic heterocycles. The lowest BCUT2D eigenvalue weighted by Gasteiger charge is -2.30. The van der Waals surface area contributed by atoms with Gasteiger partial charge in [-0.25, -0.2) is 0 Å². The predicted octanol–water partition coefficient (Wildman–Crippen LogP) is 3.74. The highest BCUT2D eigenvalue weighted by atomic mass is 16.1. The number of hydrogen-bond acceptors (Lipinski definition) is 2. The van der Waals surface area contributed by atoms with Crippen LogP contribution < -0.4 is 10.6 Å². The molecular weight excluding hydrogens is 260 g/mol. The minimum Gasteiger partial charge on any atom is -0.384 e. The quantitative estimate of drug-likeness (QED) is 0.885. The molecule has 114 valence electrons. The lowest BCUT2D eigenvalue weighted by Crippen LogP contribution is -2.40. The van der Waals surface area contributed by atoms with E-state index in [0.29, 0.717) is 12.0 Å². The Balaban J connectivity index is 1.66. The predicted molar refractivity (Wildman–Crippen MR) is 86.8 cm³/mol. The van der Waals surface area contributed by atoms with Crippen molar-refractivity contribution in [1.29, 1.82) is 0 Å². The highest BCUT2D eigenvalue weighted by Crippen LogP contribution is 2.28. The molecule has 21 heavy (non-hydrogen) atoms. The minimum absolute atomic E-state index is 0.0870. The standard InChI is InChI=1S/C18H26N2O/c1-2-16(13-6-4-3-5-7-13)20-18(21)15-9-8-14-10-11-19-17(14)12-15/h8-9,12-13,16,19H,2-7,10-11H2,1H3,(H,20,21). The summed E-state index contributed by atoms with van der Waals surface area (Å²) in [6.07, 6.45) is 8.63. The Morgan fingerprint density at radius 1 is 1.33 bits per heavy atom. The maximum Gasteiger partial charge on any atom is 0.251 e. The van der Waals surface area contributed by atoms with Crippen LogP contribution in [0.1, 0.15) is 61.4 Å². The summed E-state index contributed by atoms with van der Waals surface area (Å²) in [4.78, 5) is 12.5. The zero-order chi connectivity index (χ0) is 14.7. The third-order valence-corrected chi connectivity index (χ3v) is 5.06. The smallest absolute Gasteiger partial charge is 0.251 e. The number of carbonyl (C=O) groups excluding carboxylic acids is 1. The highest BCUT2D eigenvalue weighted by molar-refractivity contribution is 5.95. The van der Waals surface area contributed by atoms with Gasteiger partial charge in [0.05, 0.1) is 0 Å². The van der Waals surface area contributed by atoms with Gasteiger partial charge in [0, 0.05) is 23.8 Å². The fraction of sp³-hybridized carbons (Fsp3) is 0.611. The van der Waals surface area contributed by atoms with E-state index in [1.165, 1.54) is 37.7 Å². The first-order valence-electron chi connectivity index (χ1n) is 8.45. The van der Waals surface area contributed by atoms with Crippen molar-refractivity contribution in [2.45, 2.75) is 57.9 Å². The zero-order valence-corrected chi connectivity index (χ0v) is 13.0. The van der Waals surface area contributed by atoms with E-state index in [4.69, 9.17) is 0 Å². The molecule has 3 heteroatoms. The molecule has 0 radical (unpaired) electrons. The summed E-state index contributed by atoms with van der Waals surface area (Å²) >= 11 is 0. The first-order valence-corrected chi connectivity index (χ1v) is 8.45. The van der Waals surface area contributed by atoms with Crippen LogP contribution in [0.4, 0.5) is 5.69 Å². The number of fused-ring (bicyclic) bond motifs is 1. The van der Waals surface area contributed by atoms with Crippen LogP contribution in [0.5, 0.6) is 0 Å². The van der Waals surface area contributed by atoms with Gasteiger partial charge in [0.15, 0.2) is 0 Å². The van der Waals surface area contributed by atoms with Crippen molar-refractivity contribution in [1.82, 2.24) is 5.32 Å². The molecule has 0 saturated heterocycles. The zero-order valence-electron chi connectivity index (χ0n) is 13.0. The van der Waals surface area contributed by atoms with Crippen LogP contribution in [-0.4, -0.2) is 18.5 Å². The second-order valence-electron chi connectivity index (χ2n) is 6.43. The van der Waals surface area contributed by atoms with Crippen LogP contribution in [0.2, 0.25) is 0 Å². The average molecular weight is 286 g/mol. The van der Waals surface area contributed by atoms with Gasteiger partial charge in [-0.2, -0.15) is 0 Å². The van der Waals surface area contributed by atoms with Gasteiger partial charge in [-0.3, -0.25) is 4.79 Å². The third kappa shape index (κ3) is 3.22.